The zero-order valence-electron chi connectivity index (χ0n) is 8.35. The maximum atomic E-state index is 12.3. The Labute approximate surface area is 100 Å². The van der Waals surface area contributed by atoms with Crippen molar-refractivity contribution < 1.29 is 62.2 Å². The van der Waals surface area contributed by atoms with Crippen LogP contribution in [-0.4, -0.2) is 24.7 Å². The van der Waals surface area contributed by atoms with Crippen LogP contribution in [0.1, 0.15) is 0 Å². The molecule has 0 saturated heterocycles. The molecule has 20 heavy (non-hydrogen) atoms. The Morgan fingerprint density at radius 1 is 0.600 bits per heavy atom. The smallest absolute Gasteiger partial charge is 0.242 e. The topological polar surface area (TPSA) is 18.5 Å². The fraction of sp³-hybridized carbons (Fsp3) is 0.667. The Morgan fingerprint density at radius 3 is 1.25 bits per heavy atom. The molecule has 0 aromatic rings. The molecule has 0 aromatic carbocycles. The van der Waals surface area contributed by atoms with E-state index in [1.54, 1.807) is 4.74 Å². The van der Waals surface area contributed by atoms with Gasteiger partial charge in [0.25, 0.3) is 5.83 Å². The first kappa shape index (κ1) is 18.8. The van der Waals surface area contributed by atoms with E-state index in [1.807, 2.05) is 0 Å². The van der Waals surface area contributed by atoms with E-state index >= 15 is 0 Å². The highest BCUT2D eigenvalue weighted by Gasteiger charge is 2.68. The number of hydrogen-bond donors (Lipinski definition) is 0. The number of hydrogen-bond acceptors (Lipinski definition) is 2. The van der Waals surface area contributed by atoms with Gasteiger partial charge >= 0.3 is 30.8 Å². The number of halogens is 12. The van der Waals surface area contributed by atoms with Crippen LogP contribution >= 0.6 is 0 Å². The Hall–Kier alpha value is -1.18. The Bertz CT molecular complexity index is 378. The van der Waals surface area contributed by atoms with Gasteiger partial charge < -0.3 is 0 Å². The van der Waals surface area contributed by atoms with Gasteiger partial charge in [0.15, 0.2) is 0 Å². The van der Waals surface area contributed by atoms with Crippen LogP contribution < -0.4 is 0 Å². The zero-order chi connectivity index (χ0) is 16.6. The first-order chi connectivity index (χ1) is 8.52. The van der Waals surface area contributed by atoms with Crippen molar-refractivity contribution in [3.63, 3.8) is 0 Å². The lowest BCUT2D eigenvalue weighted by atomic mass is 10.5. The number of ether oxygens (including phenoxy) is 2. The summed E-state index contributed by atoms with van der Waals surface area (Å²) in [4.78, 5) is 0. The average Bonchev–Trinajstić information content (AvgIpc) is 2.10. The van der Waals surface area contributed by atoms with E-state index in [-0.39, 0.29) is 0 Å². The van der Waals surface area contributed by atoms with Crippen LogP contribution in [0.5, 0.6) is 0 Å². The van der Waals surface area contributed by atoms with Crippen molar-refractivity contribution >= 4 is 0 Å². The summed E-state index contributed by atoms with van der Waals surface area (Å²) in [7, 11) is 0. The number of alkyl halides is 9. The number of rotatable bonds is 5. The van der Waals surface area contributed by atoms with Crippen LogP contribution in [-0.2, 0) is 9.47 Å². The first-order valence-corrected chi connectivity index (χ1v) is 3.83. The highest BCUT2D eigenvalue weighted by atomic mass is 19.4. The quantitative estimate of drug-likeness (QED) is 0.695. The molecule has 0 amide bonds. The van der Waals surface area contributed by atoms with Gasteiger partial charge in [-0.3, -0.25) is 0 Å². The van der Waals surface area contributed by atoms with Crippen LogP contribution in [0.2, 0.25) is 0 Å². The maximum Gasteiger partial charge on any atom is 0.527 e. The monoisotopic (exact) mass is 332 g/mol. The zero-order valence-corrected chi connectivity index (χ0v) is 8.35. The lowest BCUT2D eigenvalue weighted by molar-refractivity contribution is -0.526. The SMILES string of the molecule is FC(F)=C(F)C(F)(F)OC(F)(F)C(F)(F)OC(F)(F)F. The third-order valence-corrected chi connectivity index (χ3v) is 1.26. The molecule has 0 N–H and O–H groups in total. The third kappa shape index (κ3) is 4.73. The van der Waals surface area contributed by atoms with Crippen molar-refractivity contribution in [1.29, 1.82) is 0 Å². The Kier molecular flexibility index (Phi) is 4.99. The summed E-state index contributed by atoms with van der Waals surface area (Å²) < 4.78 is 145. The second-order valence-electron chi connectivity index (χ2n) is 2.77. The van der Waals surface area contributed by atoms with Crippen molar-refractivity contribution in [1.82, 2.24) is 0 Å². The van der Waals surface area contributed by atoms with Crippen LogP contribution in [0.3, 0.4) is 0 Å². The molecule has 0 spiro atoms. The van der Waals surface area contributed by atoms with Gasteiger partial charge in [-0.25, -0.2) is 9.47 Å². The second-order valence-corrected chi connectivity index (χ2v) is 2.77. The van der Waals surface area contributed by atoms with Crippen molar-refractivity contribution in [3.05, 3.63) is 11.9 Å². The van der Waals surface area contributed by atoms with Gasteiger partial charge in [-0.15, -0.1) is 13.2 Å². The largest absolute Gasteiger partial charge is 0.527 e. The van der Waals surface area contributed by atoms with Gasteiger partial charge in [0, 0.05) is 0 Å². The van der Waals surface area contributed by atoms with E-state index in [1.165, 1.54) is 4.74 Å². The fourth-order valence-corrected chi connectivity index (χ4v) is 0.580. The van der Waals surface area contributed by atoms with E-state index < -0.39 is 36.6 Å². The lowest BCUT2D eigenvalue weighted by Crippen LogP contribution is -2.51. The van der Waals surface area contributed by atoms with Crippen molar-refractivity contribution in [2.75, 3.05) is 0 Å². The summed E-state index contributed by atoms with van der Waals surface area (Å²) in [5, 5.41) is 0. The van der Waals surface area contributed by atoms with E-state index in [9.17, 15) is 52.7 Å². The maximum absolute atomic E-state index is 12.3. The van der Waals surface area contributed by atoms with Gasteiger partial charge in [-0.05, 0) is 0 Å². The highest BCUT2D eigenvalue weighted by Crippen LogP contribution is 2.45. The first-order valence-electron chi connectivity index (χ1n) is 3.83. The molecule has 0 atom stereocenters. The van der Waals surface area contributed by atoms with Gasteiger partial charge in [-0.1, -0.05) is 0 Å². The second kappa shape index (κ2) is 5.31. The minimum atomic E-state index is -6.78. The van der Waals surface area contributed by atoms with Crippen LogP contribution in [0, 0.1) is 0 Å². The fourth-order valence-electron chi connectivity index (χ4n) is 0.580. The molecular weight excluding hydrogens is 332 g/mol. The molecule has 0 radical (unpaired) electrons. The van der Waals surface area contributed by atoms with Gasteiger partial charge in [-0.2, -0.15) is 39.5 Å². The third-order valence-electron chi connectivity index (χ3n) is 1.26. The summed E-state index contributed by atoms with van der Waals surface area (Å²) in [6, 6.07) is 0. The molecule has 0 saturated carbocycles. The summed E-state index contributed by atoms with van der Waals surface area (Å²) in [6.45, 7) is 0. The highest BCUT2D eigenvalue weighted by molar-refractivity contribution is 5.00. The summed E-state index contributed by atoms with van der Waals surface area (Å²) in [6.07, 6.45) is -30.2. The van der Waals surface area contributed by atoms with Gasteiger partial charge in [0.2, 0.25) is 0 Å². The van der Waals surface area contributed by atoms with E-state index in [4.69, 9.17) is 0 Å². The van der Waals surface area contributed by atoms with Crippen molar-refractivity contribution in [2.24, 2.45) is 0 Å². The van der Waals surface area contributed by atoms with Crippen LogP contribution in [0.25, 0.3) is 0 Å². The van der Waals surface area contributed by atoms with E-state index in [0.29, 0.717) is 0 Å². The standard InChI is InChI=1S/C6F12O2/c7-1(2(8)9)3(10,11)19-4(12,13)5(14,15)20-6(16,17)18. The minimum Gasteiger partial charge on any atom is -0.242 e. The molecule has 0 bridgehead atoms. The molecule has 0 unspecified atom stereocenters. The lowest BCUT2D eigenvalue weighted by Gasteiger charge is -2.28. The van der Waals surface area contributed by atoms with E-state index in [0.717, 1.165) is 0 Å². The summed E-state index contributed by atoms with van der Waals surface area (Å²) in [5.41, 5.74) is 0. The van der Waals surface area contributed by atoms with Crippen molar-refractivity contribution in [3.8, 4) is 0 Å². The predicted molar refractivity (Wildman–Crippen MR) is 33.4 cm³/mol. The molecule has 0 heterocycles. The molecule has 120 valence electrons. The normalized spacial score (nSPS) is 14.4. The summed E-state index contributed by atoms with van der Waals surface area (Å²) >= 11 is 0. The van der Waals surface area contributed by atoms with Crippen molar-refractivity contribution in [2.45, 2.75) is 24.7 Å². The van der Waals surface area contributed by atoms with Crippen LogP contribution in [0.15, 0.2) is 11.9 Å². The molecule has 0 fully saturated rings. The Balaban J connectivity index is 5.31. The average molecular weight is 332 g/mol. The van der Waals surface area contributed by atoms with Crippen LogP contribution in [0.4, 0.5) is 52.7 Å². The molecular formula is C6F12O2. The molecule has 0 aliphatic heterocycles. The molecule has 2 nitrogen and oxygen atoms in total. The molecule has 14 heteroatoms. The predicted octanol–water partition coefficient (Wildman–Crippen LogP) is 4.40. The van der Waals surface area contributed by atoms with Gasteiger partial charge in [0.1, 0.15) is 0 Å². The molecule has 0 aromatic heterocycles. The summed E-state index contributed by atoms with van der Waals surface area (Å²) in [5.74, 6) is -3.99. The Morgan fingerprint density at radius 2 is 0.950 bits per heavy atom. The molecule has 0 aliphatic rings. The minimum absolute atomic E-state index is 1.51. The molecule has 0 rings (SSSR count). The molecule has 0 aliphatic carbocycles. The van der Waals surface area contributed by atoms with Gasteiger partial charge in [0.05, 0.1) is 0 Å². The van der Waals surface area contributed by atoms with E-state index in [2.05, 4.69) is 0 Å².